The van der Waals surface area contributed by atoms with E-state index in [0.717, 1.165) is 31.2 Å². The van der Waals surface area contributed by atoms with E-state index in [9.17, 15) is 9.59 Å². The number of carbonyl (C=O) groups is 2. The second-order valence-corrected chi connectivity index (χ2v) is 11.6. The molecule has 1 aliphatic carbocycles. The minimum Gasteiger partial charge on any atom is -0.444 e. The van der Waals surface area contributed by atoms with Crippen LogP contribution >= 0.6 is 0 Å². The Hall–Kier alpha value is -2.08. The van der Waals surface area contributed by atoms with Crippen LogP contribution in [0, 0.1) is 17.3 Å². The van der Waals surface area contributed by atoms with Crippen molar-refractivity contribution < 1.29 is 19.1 Å². The van der Waals surface area contributed by atoms with E-state index in [1.54, 1.807) is 0 Å². The molecule has 3 rings (SSSR count). The first-order valence-electron chi connectivity index (χ1n) is 13.6. The average Bonchev–Trinajstić information content (AvgIpc) is 3.08. The van der Waals surface area contributed by atoms with Crippen molar-refractivity contribution in [1.29, 1.82) is 0 Å². The zero-order chi connectivity index (χ0) is 25.6. The standard InChI is InChI=1S/C29H46N2O4/c1-6-7-18-23(28(2,3)26(30)32)25-24(19-21-14-10-8-11-15-21)31(29(4,5)35-25)27(33)34-20-22-16-12-9-13-17-22/h9,12-13,16-17,21,23-25H,6-8,10-11,14-15,18-20H2,1-5H3,(H2,30,32). The number of rotatable bonds is 10. The summed E-state index contributed by atoms with van der Waals surface area (Å²) in [5.74, 6) is 0.142. The van der Waals surface area contributed by atoms with Gasteiger partial charge in [-0.2, -0.15) is 0 Å². The zero-order valence-corrected chi connectivity index (χ0v) is 22.4. The lowest BCUT2D eigenvalue weighted by atomic mass is 9.69. The van der Waals surface area contributed by atoms with Crippen molar-refractivity contribution in [3.8, 4) is 0 Å². The van der Waals surface area contributed by atoms with E-state index in [-0.39, 0.29) is 36.7 Å². The van der Waals surface area contributed by atoms with E-state index in [1.165, 1.54) is 32.1 Å². The van der Waals surface area contributed by atoms with E-state index in [0.29, 0.717) is 5.92 Å². The summed E-state index contributed by atoms with van der Waals surface area (Å²) in [7, 11) is 0. The molecule has 2 amide bonds. The van der Waals surface area contributed by atoms with Gasteiger partial charge >= 0.3 is 6.09 Å². The summed E-state index contributed by atoms with van der Waals surface area (Å²) in [6.45, 7) is 10.1. The van der Waals surface area contributed by atoms with Gasteiger partial charge in [-0.3, -0.25) is 9.69 Å². The second kappa shape index (κ2) is 11.8. The lowest BCUT2D eigenvalue weighted by Crippen LogP contribution is -2.51. The maximum Gasteiger partial charge on any atom is 0.412 e. The summed E-state index contributed by atoms with van der Waals surface area (Å²) in [4.78, 5) is 28.0. The van der Waals surface area contributed by atoms with Gasteiger partial charge in [0.15, 0.2) is 0 Å². The fourth-order valence-electron chi connectivity index (χ4n) is 6.06. The number of primary amides is 1. The van der Waals surface area contributed by atoms with Crippen molar-refractivity contribution in [1.82, 2.24) is 4.90 Å². The van der Waals surface area contributed by atoms with E-state index >= 15 is 0 Å². The maximum atomic E-state index is 13.6. The van der Waals surface area contributed by atoms with Crippen LogP contribution in [0.25, 0.3) is 0 Å². The molecule has 2 N–H and O–H groups in total. The van der Waals surface area contributed by atoms with Crippen LogP contribution in [0.1, 0.15) is 98.0 Å². The first-order valence-corrected chi connectivity index (χ1v) is 13.6. The molecular weight excluding hydrogens is 440 g/mol. The van der Waals surface area contributed by atoms with Crippen LogP contribution in [0.4, 0.5) is 4.79 Å². The third-order valence-electron chi connectivity index (χ3n) is 8.24. The minimum atomic E-state index is -0.837. The van der Waals surface area contributed by atoms with Gasteiger partial charge in [-0.05, 0) is 38.2 Å². The predicted molar refractivity (Wildman–Crippen MR) is 138 cm³/mol. The molecule has 1 aromatic carbocycles. The van der Waals surface area contributed by atoms with Gasteiger partial charge in [0.25, 0.3) is 0 Å². The monoisotopic (exact) mass is 486 g/mol. The molecule has 2 fully saturated rings. The molecule has 1 saturated carbocycles. The van der Waals surface area contributed by atoms with Crippen LogP contribution in [0.2, 0.25) is 0 Å². The number of nitrogens with two attached hydrogens (primary N) is 1. The Morgan fingerprint density at radius 2 is 1.83 bits per heavy atom. The Morgan fingerprint density at radius 3 is 2.43 bits per heavy atom. The Morgan fingerprint density at radius 1 is 1.17 bits per heavy atom. The molecule has 1 aromatic rings. The van der Waals surface area contributed by atoms with Crippen LogP contribution in [0.5, 0.6) is 0 Å². The third-order valence-corrected chi connectivity index (χ3v) is 8.24. The SMILES string of the molecule is CCCCC(C1OC(C)(C)N(C(=O)OCc2ccccc2)C1CC1CCCCC1)C(C)(C)C(N)=O. The van der Waals surface area contributed by atoms with Gasteiger partial charge in [0.05, 0.1) is 12.1 Å². The molecule has 2 aliphatic rings. The summed E-state index contributed by atoms with van der Waals surface area (Å²) in [6, 6.07) is 9.59. The molecule has 35 heavy (non-hydrogen) atoms. The first kappa shape index (κ1) is 27.5. The van der Waals surface area contributed by atoms with E-state index in [4.69, 9.17) is 15.2 Å². The molecule has 0 bridgehead atoms. The normalized spacial score (nSPS) is 23.7. The molecule has 1 aliphatic heterocycles. The van der Waals surface area contributed by atoms with Gasteiger partial charge in [-0.1, -0.05) is 96.0 Å². The van der Waals surface area contributed by atoms with Crippen molar-refractivity contribution >= 4 is 12.0 Å². The fourth-order valence-corrected chi connectivity index (χ4v) is 6.06. The summed E-state index contributed by atoms with van der Waals surface area (Å²) in [5.41, 5.74) is 5.29. The molecule has 6 heteroatoms. The molecule has 3 unspecified atom stereocenters. The Kier molecular flexibility index (Phi) is 9.25. The largest absolute Gasteiger partial charge is 0.444 e. The third kappa shape index (κ3) is 6.58. The van der Waals surface area contributed by atoms with Crippen LogP contribution in [-0.4, -0.2) is 34.8 Å². The summed E-state index contributed by atoms with van der Waals surface area (Å²) in [5, 5.41) is 0. The first-order chi connectivity index (χ1) is 16.6. The summed E-state index contributed by atoms with van der Waals surface area (Å²) < 4.78 is 12.5. The van der Waals surface area contributed by atoms with Gasteiger partial charge in [0, 0.05) is 11.3 Å². The van der Waals surface area contributed by atoms with Crippen LogP contribution in [-0.2, 0) is 20.9 Å². The number of amides is 2. The van der Waals surface area contributed by atoms with Gasteiger partial charge < -0.3 is 15.2 Å². The van der Waals surface area contributed by atoms with Crippen LogP contribution in [0.15, 0.2) is 30.3 Å². The molecule has 3 atom stereocenters. The Bertz CT molecular complexity index is 832. The van der Waals surface area contributed by atoms with E-state index in [2.05, 4.69) is 6.92 Å². The Labute approximate surface area is 211 Å². The quantitative estimate of drug-likeness (QED) is 0.414. The summed E-state index contributed by atoms with van der Waals surface area (Å²) in [6.07, 6.45) is 9.18. The number of unbranched alkanes of at least 4 members (excludes halogenated alkanes) is 1. The highest BCUT2D eigenvalue weighted by atomic mass is 16.6. The summed E-state index contributed by atoms with van der Waals surface area (Å²) >= 11 is 0. The topological polar surface area (TPSA) is 81.9 Å². The molecule has 0 spiro atoms. The van der Waals surface area contributed by atoms with Crippen molar-refractivity contribution in [3.63, 3.8) is 0 Å². The zero-order valence-electron chi connectivity index (χ0n) is 22.4. The number of nitrogens with zero attached hydrogens (tertiary/aromatic N) is 1. The van der Waals surface area contributed by atoms with Gasteiger partial charge in [-0.25, -0.2) is 4.79 Å². The van der Waals surface area contributed by atoms with E-state index in [1.807, 2.05) is 62.9 Å². The highest BCUT2D eigenvalue weighted by Gasteiger charge is 2.56. The lowest BCUT2D eigenvalue weighted by Gasteiger charge is -2.39. The molecule has 1 heterocycles. The number of benzene rings is 1. The van der Waals surface area contributed by atoms with Crippen LogP contribution < -0.4 is 5.73 Å². The molecular formula is C29H46N2O4. The minimum absolute atomic E-state index is 0.0836. The number of carbonyl (C=O) groups excluding carboxylic acids is 2. The number of hydrogen-bond acceptors (Lipinski definition) is 4. The van der Waals surface area contributed by atoms with E-state index < -0.39 is 11.1 Å². The van der Waals surface area contributed by atoms with Crippen LogP contribution in [0.3, 0.4) is 0 Å². The highest BCUT2D eigenvalue weighted by molar-refractivity contribution is 5.80. The fraction of sp³-hybridized carbons (Fsp3) is 0.724. The molecule has 0 aromatic heterocycles. The smallest absolute Gasteiger partial charge is 0.412 e. The lowest BCUT2D eigenvalue weighted by molar-refractivity contribution is -0.137. The average molecular weight is 487 g/mol. The predicted octanol–water partition coefficient (Wildman–Crippen LogP) is 6.42. The van der Waals surface area contributed by atoms with Gasteiger partial charge in [-0.15, -0.1) is 0 Å². The van der Waals surface area contributed by atoms with Crippen molar-refractivity contribution in [2.45, 2.75) is 117 Å². The van der Waals surface area contributed by atoms with Crippen molar-refractivity contribution in [3.05, 3.63) is 35.9 Å². The van der Waals surface area contributed by atoms with Gasteiger partial charge in [0.2, 0.25) is 5.91 Å². The molecule has 196 valence electrons. The van der Waals surface area contributed by atoms with Gasteiger partial charge in [0.1, 0.15) is 12.3 Å². The maximum absolute atomic E-state index is 13.6. The van der Waals surface area contributed by atoms with Crippen molar-refractivity contribution in [2.75, 3.05) is 0 Å². The molecule has 1 saturated heterocycles. The molecule has 0 radical (unpaired) electrons. The van der Waals surface area contributed by atoms with Crippen molar-refractivity contribution in [2.24, 2.45) is 23.0 Å². The Balaban J connectivity index is 1.92. The highest BCUT2D eigenvalue weighted by Crippen LogP contribution is 2.46. The number of ether oxygens (including phenoxy) is 2. The molecule has 6 nitrogen and oxygen atoms in total. The number of hydrogen-bond donors (Lipinski definition) is 1. The second-order valence-electron chi connectivity index (χ2n) is 11.6.